The van der Waals surface area contributed by atoms with Crippen molar-refractivity contribution in [3.63, 3.8) is 0 Å². The molecule has 0 aliphatic rings. The third-order valence-electron chi connectivity index (χ3n) is 2.31. The Bertz CT molecular complexity index is 536. The van der Waals surface area contributed by atoms with Crippen molar-refractivity contribution in [1.82, 2.24) is 19.8 Å². The van der Waals surface area contributed by atoms with Crippen molar-refractivity contribution < 1.29 is 22.8 Å². The second kappa shape index (κ2) is 6.70. The first kappa shape index (κ1) is 17.2. The molecule has 0 radical (unpaired) electrons. The highest BCUT2D eigenvalue weighted by Gasteiger charge is 2.35. The Morgan fingerprint density at radius 2 is 1.90 bits per heavy atom. The van der Waals surface area contributed by atoms with Gasteiger partial charge >= 0.3 is 6.18 Å². The van der Waals surface area contributed by atoms with E-state index in [0.29, 0.717) is 4.90 Å². The summed E-state index contributed by atoms with van der Waals surface area (Å²) in [6.07, 6.45) is -2.52. The van der Waals surface area contributed by atoms with Gasteiger partial charge < -0.3 is 9.80 Å². The van der Waals surface area contributed by atoms with E-state index in [1.807, 2.05) is 0 Å². The fourth-order valence-corrected chi connectivity index (χ4v) is 1.48. The van der Waals surface area contributed by atoms with E-state index in [4.69, 9.17) is 11.6 Å². The van der Waals surface area contributed by atoms with Gasteiger partial charge in [-0.05, 0) is 0 Å². The summed E-state index contributed by atoms with van der Waals surface area (Å²) in [5, 5.41) is -0.133. The first-order chi connectivity index (χ1) is 9.60. The molecule has 0 N–H and O–H groups in total. The van der Waals surface area contributed by atoms with Crippen LogP contribution in [0.2, 0.25) is 5.15 Å². The van der Waals surface area contributed by atoms with Gasteiger partial charge in [-0.25, -0.2) is 4.98 Å². The third-order valence-corrected chi connectivity index (χ3v) is 2.49. The standard InChI is InChI=1S/C11H12ClF3N4O2/c1-18(2)9(20)5-19(6-11(13,14)15)10(21)7-3-16-4-8(12)17-7/h3-4H,5-6H2,1-2H3. The summed E-state index contributed by atoms with van der Waals surface area (Å²) in [6, 6.07) is 0. The normalized spacial score (nSPS) is 11.1. The van der Waals surface area contributed by atoms with Crippen molar-refractivity contribution in [3.05, 3.63) is 23.2 Å². The molecule has 2 amide bonds. The lowest BCUT2D eigenvalue weighted by Crippen LogP contribution is -2.45. The number of alkyl halides is 3. The Balaban J connectivity index is 3.00. The maximum atomic E-state index is 12.5. The second-order valence-corrected chi connectivity index (χ2v) is 4.68. The van der Waals surface area contributed by atoms with E-state index >= 15 is 0 Å². The molecule has 116 valence electrons. The molecule has 0 aromatic carbocycles. The molecule has 1 aromatic rings. The van der Waals surface area contributed by atoms with E-state index in [-0.39, 0.29) is 10.8 Å². The molecule has 1 rings (SSSR count). The Hall–Kier alpha value is -1.90. The van der Waals surface area contributed by atoms with Gasteiger partial charge in [0.15, 0.2) is 0 Å². The third kappa shape index (κ3) is 5.54. The van der Waals surface area contributed by atoms with Crippen LogP contribution in [0.1, 0.15) is 10.5 Å². The van der Waals surface area contributed by atoms with Gasteiger partial charge in [0, 0.05) is 14.1 Å². The van der Waals surface area contributed by atoms with E-state index in [1.54, 1.807) is 0 Å². The van der Waals surface area contributed by atoms with Gasteiger partial charge in [-0.1, -0.05) is 11.6 Å². The van der Waals surface area contributed by atoms with Crippen LogP contribution < -0.4 is 0 Å². The van der Waals surface area contributed by atoms with Crippen LogP contribution in [0.3, 0.4) is 0 Å². The summed E-state index contributed by atoms with van der Waals surface area (Å²) < 4.78 is 37.6. The van der Waals surface area contributed by atoms with Gasteiger partial charge in [-0.2, -0.15) is 13.2 Å². The highest BCUT2D eigenvalue weighted by Crippen LogP contribution is 2.18. The number of hydrogen-bond donors (Lipinski definition) is 0. The van der Waals surface area contributed by atoms with Crippen molar-refractivity contribution in [3.8, 4) is 0 Å². The summed E-state index contributed by atoms with van der Waals surface area (Å²) in [7, 11) is 2.75. The van der Waals surface area contributed by atoms with Crippen LogP contribution in [-0.2, 0) is 4.79 Å². The van der Waals surface area contributed by atoms with Crippen molar-refractivity contribution in [1.29, 1.82) is 0 Å². The minimum absolute atomic E-state index is 0.133. The number of halogens is 4. The number of likely N-dealkylation sites (N-methyl/N-ethyl adjacent to an activating group) is 1. The molecular formula is C11H12ClF3N4O2. The zero-order chi connectivity index (χ0) is 16.2. The summed E-state index contributed by atoms with van der Waals surface area (Å²) in [5.74, 6) is -1.72. The van der Waals surface area contributed by atoms with E-state index in [9.17, 15) is 22.8 Å². The molecule has 1 heterocycles. The van der Waals surface area contributed by atoms with Gasteiger partial charge in [-0.15, -0.1) is 0 Å². The lowest BCUT2D eigenvalue weighted by atomic mass is 10.3. The molecular weight excluding hydrogens is 313 g/mol. The number of nitrogens with zero attached hydrogens (tertiary/aromatic N) is 4. The Morgan fingerprint density at radius 1 is 1.29 bits per heavy atom. The predicted octanol–water partition coefficient (Wildman–Crippen LogP) is 1.22. The second-order valence-electron chi connectivity index (χ2n) is 4.29. The average molecular weight is 325 g/mol. The van der Waals surface area contributed by atoms with E-state index < -0.39 is 31.1 Å². The number of amides is 2. The summed E-state index contributed by atoms with van der Waals surface area (Å²) in [5.41, 5.74) is -0.363. The van der Waals surface area contributed by atoms with Gasteiger partial charge in [0.25, 0.3) is 5.91 Å². The Labute approximate surface area is 123 Å². The van der Waals surface area contributed by atoms with Gasteiger partial charge in [-0.3, -0.25) is 14.6 Å². The summed E-state index contributed by atoms with van der Waals surface area (Å²) in [6.45, 7) is -2.29. The van der Waals surface area contributed by atoms with Crippen LogP contribution in [-0.4, -0.2) is 64.9 Å². The maximum absolute atomic E-state index is 12.5. The molecule has 0 fully saturated rings. The Morgan fingerprint density at radius 3 is 2.38 bits per heavy atom. The van der Waals surface area contributed by atoms with Crippen molar-refractivity contribution in [2.45, 2.75) is 6.18 Å². The van der Waals surface area contributed by atoms with Crippen LogP contribution in [0.5, 0.6) is 0 Å². The molecule has 0 saturated heterocycles. The minimum atomic E-state index is -4.64. The van der Waals surface area contributed by atoms with Crippen LogP contribution in [0.25, 0.3) is 0 Å². The van der Waals surface area contributed by atoms with Crippen LogP contribution >= 0.6 is 11.6 Å². The fraction of sp³-hybridized carbons (Fsp3) is 0.455. The molecule has 0 spiro atoms. The number of rotatable bonds is 4. The van der Waals surface area contributed by atoms with Crippen molar-refractivity contribution in [2.24, 2.45) is 0 Å². The number of aromatic nitrogens is 2. The van der Waals surface area contributed by atoms with Gasteiger partial charge in [0.05, 0.1) is 12.4 Å². The SMILES string of the molecule is CN(C)C(=O)CN(CC(F)(F)F)C(=O)c1cncc(Cl)n1. The van der Waals surface area contributed by atoms with E-state index in [2.05, 4.69) is 9.97 Å². The number of carbonyl (C=O) groups is 2. The molecule has 1 aromatic heterocycles. The smallest absolute Gasteiger partial charge is 0.347 e. The molecule has 0 saturated carbocycles. The summed E-state index contributed by atoms with van der Waals surface area (Å²) in [4.78, 5) is 32.2. The fourth-order valence-electron chi connectivity index (χ4n) is 1.33. The zero-order valence-corrected chi connectivity index (χ0v) is 11.9. The van der Waals surface area contributed by atoms with Crippen LogP contribution in [0.15, 0.2) is 12.4 Å². The molecule has 0 aliphatic carbocycles. The lowest BCUT2D eigenvalue weighted by Gasteiger charge is -2.24. The first-order valence-electron chi connectivity index (χ1n) is 5.64. The molecule has 0 atom stereocenters. The summed E-state index contributed by atoms with van der Waals surface area (Å²) >= 11 is 5.54. The van der Waals surface area contributed by atoms with Gasteiger partial charge in [0.2, 0.25) is 5.91 Å². The number of hydrogen-bond acceptors (Lipinski definition) is 4. The van der Waals surface area contributed by atoms with E-state index in [1.165, 1.54) is 14.1 Å². The van der Waals surface area contributed by atoms with Crippen LogP contribution in [0.4, 0.5) is 13.2 Å². The maximum Gasteiger partial charge on any atom is 0.406 e. The highest BCUT2D eigenvalue weighted by atomic mass is 35.5. The minimum Gasteiger partial charge on any atom is -0.347 e. The topological polar surface area (TPSA) is 66.4 Å². The molecule has 0 aliphatic heterocycles. The van der Waals surface area contributed by atoms with Gasteiger partial charge in [0.1, 0.15) is 23.9 Å². The van der Waals surface area contributed by atoms with Crippen molar-refractivity contribution in [2.75, 3.05) is 27.2 Å². The molecule has 10 heteroatoms. The largest absolute Gasteiger partial charge is 0.406 e. The average Bonchev–Trinajstić information content (AvgIpc) is 2.35. The van der Waals surface area contributed by atoms with E-state index in [0.717, 1.165) is 17.3 Å². The van der Waals surface area contributed by atoms with Crippen molar-refractivity contribution >= 4 is 23.4 Å². The molecule has 21 heavy (non-hydrogen) atoms. The predicted molar refractivity (Wildman–Crippen MR) is 67.7 cm³/mol. The lowest BCUT2D eigenvalue weighted by molar-refractivity contribution is -0.146. The molecule has 0 bridgehead atoms. The quantitative estimate of drug-likeness (QED) is 0.835. The molecule has 6 nitrogen and oxygen atoms in total. The zero-order valence-electron chi connectivity index (χ0n) is 11.2. The first-order valence-corrected chi connectivity index (χ1v) is 6.01. The highest BCUT2D eigenvalue weighted by molar-refractivity contribution is 6.29. The van der Waals surface area contributed by atoms with Crippen LogP contribution in [0, 0.1) is 0 Å². The Kier molecular flexibility index (Phi) is 5.47. The number of carbonyl (C=O) groups excluding carboxylic acids is 2. The monoisotopic (exact) mass is 324 g/mol. The molecule has 0 unspecified atom stereocenters.